The zero-order valence-electron chi connectivity index (χ0n) is 13.9. The highest BCUT2D eigenvalue weighted by atomic mass is 19.1. The number of fused-ring (bicyclic) bond motifs is 1. The van der Waals surface area contributed by atoms with Gasteiger partial charge in [-0.3, -0.25) is 4.79 Å². The summed E-state index contributed by atoms with van der Waals surface area (Å²) >= 11 is 0. The molecule has 1 N–H and O–H groups in total. The summed E-state index contributed by atoms with van der Waals surface area (Å²) in [5.74, 6) is -0.934. The highest BCUT2D eigenvalue weighted by Gasteiger charge is 2.19. The van der Waals surface area contributed by atoms with Gasteiger partial charge >= 0.3 is 0 Å². The van der Waals surface area contributed by atoms with Crippen LogP contribution < -0.4 is 5.32 Å². The minimum atomic E-state index is -0.659. The molecule has 5 nitrogen and oxygen atoms in total. The number of furan rings is 1. The molecule has 3 aromatic rings. The molecule has 0 spiro atoms. The normalized spacial score (nSPS) is 11.2. The van der Waals surface area contributed by atoms with Gasteiger partial charge in [0, 0.05) is 37.4 Å². The summed E-state index contributed by atoms with van der Waals surface area (Å²) in [6.07, 6.45) is 0. The zero-order valence-corrected chi connectivity index (χ0v) is 13.9. The Bertz CT molecular complexity index is 915. The minimum absolute atomic E-state index is 0.0849. The van der Waals surface area contributed by atoms with Crippen molar-refractivity contribution in [3.05, 3.63) is 59.0 Å². The molecule has 2 heterocycles. The zero-order chi connectivity index (χ0) is 18.0. The first-order valence-electron chi connectivity index (χ1n) is 7.80. The van der Waals surface area contributed by atoms with Crippen molar-refractivity contribution in [2.24, 2.45) is 0 Å². The summed E-state index contributed by atoms with van der Waals surface area (Å²) in [6.45, 7) is 2.61. The van der Waals surface area contributed by atoms with Crippen molar-refractivity contribution in [3.8, 4) is 0 Å². The third kappa shape index (κ3) is 3.56. The highest BCUT2D eigenvalue weighted by molar-refractivity contribution is 5.97. The van der Waals surface area contributed by atoms with E-state index in [4.69, 9.17) is 9.15 Å². The van der Waals surface area contributed by atoms with Gasteiger partial charge in [0.25, 0.3) is 5.91 Å². The van der Waals surface area contributed by atoms with E-state index < -0.39 is 11.6 Å². The van der Waals surface area contributed by atoms with E-state index in [1.807, 2.05) is 0 Å². The van der Waals surface area contributed by atoms with Gasteiger partial charge in [0.2, 0.25) is 0 Å². The molecular weight excluding hydrogens is 330 g/mol. The predicted octanol–water partition coefficient (Wildman–Crippen LogP) is 3.25. The number of aryl methyl sites for hydroxylation is 1. The molecule has 132 valence electrons. The average molecular weight is 348 g/mol. The number of aromatic nitrogens is 1. The average Bonchev–Trinajstić information content (AvgIpc) is 3.07. The van der Waals surface area contributed by atoms with E-state index in [0.717, 1.165) is 6.07 Å². The van der Waals surface area contributed by atoms with Gasteiger partial charge in [0.15, 0.2) is 5.58 Å². The van der Waals surface area contributed by atoms with Crippen LogP contribution in [0, 0.1) is 18.6 Å². The summed E-state index contributed by atoms with van der Waals surface area (Å²) < 4.78 is 39.3. The molecule has 0 saturated heterocycles. The second-order valence-corrected chi connectivity index (χ2v) is 5.71. The number of carbonyl (C=O) groups excluding carboxylic acids is 1. The second-order valence-electron chi connectivity index (χ2n) is 5.71. The molecule has 3 rings (SSSR count). The standard InChI is InChI=1S/C18H18F2N2O3/c1-11-7-15-17(25-11)9-16(18(23)21-5-6-24-2)22(15)10-12-3-4-13(19)8-14(12)20/h3-4,7-9H,5-6,10H2,1-2H3,(H,21,23). The van der Waals surface area contributed by atoms with Crippen LogP contribution >= 0.6 is 0 Å². The van der Waals surface area contributed by atoms with Crippen LogP contribution in [0.5, 0.6) is 0 Å². The Balaban J connectivity index is 1.98. The van der Waals surface area contributed by atoms with Gasteiger partial charge in [0.1, 0.15) is 23.1 Å². The highest BCUT2D eigenvalue weighted by Crippen LogP contribution is 2.25. The number of ether oxygens (including phenoxy) is 1. The third-order valence-corrected chi connectivity index (χ3v) is 3.88. The fraction of sp³-hybridized carbons (Fsp3) is 0.278. The topological polar surface area (TPSA) is 56.4 Å². The molecular formula is C18H18F2N2O3. The molecule has 0 unspecified atom stereocenters. The van der Waals surface area contributed by atoms with Gasteiger partial charge in [-0.1, -0.05) is 6.07 Å². The van der Waals surface area contributed by atoms with E-state index in [-0.39, 0.29) is 18.0 Å². The van der Waals surface area contributed by atoms with Gasteiger partial charge in [-0.2, -0.15) is 0 Å². The summed E-state index contributed by atoms with van der Waals surface area (Å²) in [5.41, 5.74) is 1.84. The summed E-state index contributed by atoms with van der Waals surface area (Å²) in [5, 5.41) is 2.73. The number of amides is 1. The van der Waals surface area contributed by atoms with Crippen molar-refractivity contribution in [3.63, 3.8) is 0 Å². The number of methoxy groups -OCH3 is 1. The monoisotopic (exact) mass is 348 g/mol. The van der Waals surface area contributed by atoms with Gasteiger partial charge in [-0.15, -0.1) is 0 Å². The van der Waals surface area contributed by atoms with Crippen molar-refractivity contribution in [2.75, 3.05) is 20.3 Å². The van der Waals surface area contributed by atoms with Crippen molar-refractivity contribution in [1.82, 2.24) is 9.88 Å². The number of halogens is 2. The molecule has 0 saturated carbocycles. The Hall–Kier alpha value is -2.67. The smallest absolute Gasteiger partial charge is 0.268 e. The Kier molecular flexibility index (Phi) is 4.85. The summed E-state index contributed by atoms with van der Waals surface area (Å²) in [6, 6.07) is 6.79. The molecule has 1 aromatic carbocycles. The van der Waals surface area contributed by atoms with Crippen LogP contribution in [0.15, 0.2) is 34.7 Å². The fourth-order valence-electron chi connectivity index (χ4n) is 2.70. The number of benzene rings is 1. The van der Waals surface area contributed by atoms with E-state index in [0.29, 0.717) is 35.7 Å². The molecule has 2 aromatic heterocycles. The molecule has 0 radical (unpaired) electrons. The van der Waals surface area contributed by atoms with Crippen LogP contribution in [0.1, 0.15) is 21.8 Å². The van der Waals surface area contributed by atoms with Crippen LogP contribution in [-0.2, 0) is 11.3 Å². The third-order valence-electron chi connectivity index (χ3n) is 3.88. The number of nitrogens with zero attached hydrogens (tertiary/aromatic N) is 1. The lowest BCUT2D eigenvalue weighted by Gasteiger charge is -2.11. The van der Waals surface area contributed by atoms with Gasteiger partial charge < -0.3 is 19.0 Å². The van der Waals surface area contributed by atoms with Crippen molar-refractivity contribution >= 4 is 17.0 Å². The van der Waals surface area contributed by atoms with Crippen LogP contribution in [-0.4, -0.2) is 30.7 Å². The fourth-order valence-corrected chi connectivity index (χ4v) is 2.70. The van der Waals surface area contributed by atoms with E-state index >= 15 is 0 Å². The number of rotatable bonds is 6. The molecule has 25 heavy (non-hydrogen) atoms. The maximum absolute atomic E-state index is 14.0. The summed E-state index contributed by atoms with van der Waals surface area (Å²) in [4.78, 5) is 12.4. The first kappa shape index (κ1) is 17.2. The quantitative estimate of drug-likeness (QED) is 0.696. The van der Waals surface area contributed by atoms with Gasteiger partial charge in [-0.25, -0.2) is 8.78 Å². The number of hydrogen-bond acceptors (Lipinski definition) is 3. The molecule has 0 bridgehead atoms. The lowest BCUT2D eigenvalue weighted by atomic mass is 10.2. The molecule has 0 atom stereocenters. The largest absolute Gasteiger partial charge is 0.460 e. The molecule has 7 heteroatoms. The Labute approximate surface area is 143 Å². The SMILES string of the molecule is COCCNC(=O)c1cc2oc(C)cc2n1Cc1ccc(F)cc1F. The first-order chi connectivity index (χ1) is 12.0. The maximum Gasteiger partial charge on any atom is 0.268 e. The van der Waals surface area contributed by atoms with Crippen LogP contribution in [0.4, 0.5) is 8.78 Å². The molecule has 0 aliphatic heterocycles. The number of nitrogens with one attached hydrogen (secondary N) is 1. The van der Waals surface area contributed by atoms with Crippen LogP contribution in [0.25, 0.3) is 11.1 Å². The first-order valence-corrected chi connectivity index (χ1v) is 7.80. The number of carbonyl (C=O) groups is 1. The molecule has 1 amide bonds. The minimum Gasteiger partial charge on any atom is -0.460 e. The maximum atomic E-state index is 14.0. The van der Waals surface area contributed by atoms with E-state index in [1.54, 1.807) is 30.7 Å². The van der Waals surface area contributed by atoms with E-state index in [1.165, 1.54) is 12.1 Å². The van der Waals surface area contributed by atoms with Crippen molar-refractivity contribution in [2.45, 2.75) is 13.5 Å². The van der Waals surface area contributed by atoms with E-state index in [9.17, 15) is 13.6 Å². The number of hydrogen-bond donors (Lipinski definition) is 1. The van der Waals surface area contributed by atoms with Crippen molar-refractivity contribution in [1.29, 1.82) is 0 Å². The van der Waals surface area contributed by atoms with Crippen LogP contribution in [0.3, 0.4) is 0 Å². The lowest BCUT2D eigenvalue weighted by molar-refractivity contribution is 0.0928. The predicted molar refractivity (Wildman–Crippen MR) is 88.6 cm³/mol. The van der Waals surface area contributed by atoms with Gasteiger partial charge in [-0.05, 0) is 13.0 Å². The Morgan fingerprint density at radius 2 is 2.08 bits per heavy atom. The van der Waals surface area contributed by atoms with E-state index in [2.05, 4.69) is 5.32 Å². The second kappa shape index (κ2) is 7.06. The Morgan fingerprint density at radius 3 is 2.80 bits per heavy atom. The molecule has 0 aliphatic rings. The van der Waals surface area contributed by atoms with Crippen LogP contribution in [0.2, 0.25) is 0 Å². The Morgan fingerprint density at radius 1 is 1.28 bits per heavy atom. The van der Waals surface area contributed by atoms with Crippen molar-refractivity contribution < 1.29 is 22.7 Å². The van der Waals surface area contributed by atoms with Gasteiger partial charge in [0.05, 0.1) is 18.7 Å². The molecule has 0 fully saturated rings. The lowest BCUT2D eigenvalue weighted by Crippen LogP contribution is -2.29. The summed E-state index contributed by atoms with van der Waals surface area (Å²) in [7, 11) is 1.54. The molecule has 0 aliphatic carbocycles.